The summed E-state index contributed by atoms with van der Waals surface area (Å²) in [6, 6.07) is 7.67. The maximum atomic E-state index is 10.5. The van der Waals surface area contributed by atoms with E-state index in [1.807, 2.05) is 28.9 Å². The standard InChI is InChI=1S/C13H14Br2N2O/c1-2-7-17-12(11(15)8-16-17)13(18)9-5-3-4-6-10(9)14/h3-6,8,13,18H,2,7H2,1H3. The Morgan fingerprint density at radius 2 is 2.00 bits per heavy atom. The number of aliphatic hydroxyl groups is 1. The van der Waals surface area contributed by atoms with Crippen LogP contribution < -0.4 is 0 Å². The molecule has 0 spiro atoms. The van der Waals surface area contributed by atoms with Gasteiger partial charge in [-0.2, -0.15) is 5.10 Å². The Morgan fingerprint density at radius 1 is 1.28 bits per heavy atom. The third kappa shape index (κ3) is 2.68. The lowest BCUT2D eigenvalue weighted by Gasteiger charge is -2.15. The van der Waals surface area contributed by atoms with Crippen LogP contribution in [0.15, 0.2) is 39.4 Å². The maximum Gasteiger partial charge on any atom is 0.123 e. The van der Waals surface area contributed by atoms with Crippen molar-refractivity contribution in [2.24, 2.45) is 0 Å². The van der Waals surface area contributed by atoms with Crippen molar-refractivity contribution in [2.75, 3.05) is 0 Å². The number of hydrogen-bond donors (Lipinski definition) is 1. The summed E-state index contributed by atoms with van der Waals surface area (Å²) >= 11 is 6.92. The molecule has 0 saturated carbocycles. The monoisotopic (exact) mass is 372 g/mol. The molecule has 3 nitrogen and oxygen atoms in total. The van der Waals surface area contributed by atoms with E-state index in [9.17, 15) is 5.11 Å². The van der Waals surface area contributed by atoms with Crippen molar-refractivity contribution in [3.63, 3.8) is 0 Å². The van der Waals surface area contributed by atoms with Crippen molar-refractivity contribution < 1.29 is 5.11 Å². The first-order valence-electron chi connectivity index (χ1n) is 5.78. The van der Waals surface area contributed by atoms with Gasteiger partial charge in [0, 0.05) is 16.6 Å². The number of benzene rings is 1. The van der Waals surface area contributed by atoms with Crippen LogP contribution in [-0.2, 0) is 6.54 Å². The second kappa shape index (κ2) is 5.99. The lowest BCUT2D eigenvalue weighted by molar-refractivity contribution is 0.206. The maximum absolute atomic E-state index is 10.5. The fourth-order valence-electron chi connectivity index (χ4n) is 1.88. The van der Waals surface area contributed by atoms with Gasteiger partial charge in [-0.25, -0.2) is 0 Å². The number of nitrogens with zero attached hydrogens (tertiary/aromatic N) is 2. The highest BCUT2D eigenvalue weighted by molar-refractivity contribution is 9.10. The third-order valence-corrected chi connectivity index (χ3v) is 4.06. The van der Waals surface area contributed by atoms with Gasteiger partial charge < -0.3 is 5.11 Å². The van der Waals surface area contributed by atoms with Gasteiger partial charge in [0.25, 0.3) is 0 Å². The van der Waals surface area contributed by atoms with Crippen LogP contribution >= 0.6 is 31.9 Å². The molecule has 1 atom stereocenters. The minimum atomic E-state index is -0.691. The van der Waals surface area contributed by atoms with E-state index in [1.54, 1.807) is 6.20 Å². The van der Waals surface area contributed by atoms with E-state index in [1.165, 1.54) is 0 Å². The Balaban J connectivity index is 2.42. The van der Waals surface area contributed by atoms with Crippen LogP contribution in [0, 0.1) is 0 Å². The molecule has 0 aliphatic heterocycles. The summed E-state index contributed by atoms with van der Waals surface area (Å²) in [6.45, 7) is 2.88. The second-order valence-electron chi connectivity index (χ2n) is 4.02. The number of hydrogen-bond acceptors (Lipinski definition) is 2. The van der Waals surface area contributed by atoms with Crippen molar-refractivity contribution in [1.29, 1.82) is 0 Å². The van der Waals surface area contributed by atoms with E-state index < -0.39 is 6.10 Å². The number of halogens is 2. The summed E-state index contributed by atoms with van der Waals surface area (Å²) in [4.78, 5) is 0. The Bertz CT molecular complexity index is 540. The number of aromatic nitrogens is 2. The summed E-state index contributed by atoms with van der Waals surface area (Å²) in [5.41, 5.74) is 1.64. The number of rotatable bonds is 4. The Labute approximate surface area is 123 Å². The normalized spacial score (nSPS) is 12.7. The molecule has 0 bridgehead atoms. The molecular weight excluding hydrogens is 360 g/mol. The molecule has 2 aromatic rings. The molecule has 0 aliphatic rings. The lowest BCUT2D eigenvalue weighted by Crippen LogP contribution is -2.11. The highest BCUT2D eigenvalue weighted by Gasteiger charge is 2.20. The predicted octanol–water partition coefficient (Wildman–Crippen LogP) is 3.90. The average molecular weight is 374 g/mol. The van der Waals surface area contributed by atoms with Gasteiger partial charge in [0.1, 0.15) is 6.10 Å². The SMILES string of the molecule is CCCn1ncc(Br)c1C(O)c1ccccc1Br. The summed E-state index contributed by atoms with van der Waals surface area (Å²) in [5, 5.41) is 14.8. The molecule has 0 aliphatic carbocycles. The summed E-state index contributed by atoms with van der Waals surface area (Å²) in [6.07, 6.45) is 2.01. The molecule has 1 heterocycles. The van der Waals surface area contributed by atoms with Gasteiger partial charge in [0.05, 0.1) is 16.4 Å². The van der Waals surface area contributed by atoms with Crippen molar-refractivity contribution in [2.45, 2.75) is 26.0 Å². The highest BCUT2D eigenvalue weighted by atomic mass is 79.9. The van der Waals surface area contributed by atoms with Crippen LogP contribution in [0.2, 0.25) is 0 Å². The zero-order valence-electron chi connectivity index (χ0n) is 9.98. The molecule has 1 aromatic heterocycles. The predicted molar refractivity (Wildman–Crippen MR) is 78.4 cm³/mol. The molecular formula is C13H14Br2N2O. The topological polar surface area (TPSA) is 38.0 Å². The van der Waals surface area contributed by atoms with Crippen molar-refractivity contribution >= 4 is 31.9 Å². The van der Waals surface area contributed by atoms with Gasteiger partial charge >= 0.3 is 0 Å². The average Bonchev–Trinajstić information content (AvgIpc) is 2.71. The van der Waals surface area contributed by atoms with Crippen LogP contribution in [0.1, 0.15) is 30.7 Å². The van der Waals surface area contributed by atoms with Crippen molar-refractivity contribution in [3.05, 3.63) is 50.7 Å². The molecule has 0 saturated heterocycles. The zero-order chi connectivity index (χ0) is 13.1. The molecule has 96 valence electrons. The Hall–Kier alpha value is -0.650. The molecule has 0 amide bonds. The van der Waals surface area contributed by atoms with E-state index >= 15 is 0 Å². The van der Waals surface area contributed by atoms with Crippen LogP contribution in [0.3, 0.4) is 0 Å². The first-order chi connectivity index (χ1) is 8.65. The summed E-state index contributed by atoms with van der Waals surface area (Å²) in [7, 11) is 0. The quantitative estimate of drug-likeness (QED) is 0.882. The van der Waals surface area contributed by atoms with Crippen LogP contribution in [0.4, 0.5) is 0 Å². The first-order valence-corrected chi connectivity index (χ1v) is 7.37. The van der Waals surface area contributed by atoms with E-state index in [-0.39, 0.29) is 0 Å². The van der Waals surface area contributed by atoms with E-state index in [0.717, 1.165) is 33.2 Å². The van der Waals surface area contributed by atoms with Crippen molar-refractivity contribution in [1.82, 2.24) is 9.78 Å². The molecule has 1 unspecified atom stereocenters. The van der Waals surface area contributed by atoms with Gasteiger partial charge in [-0.1, -0.05) is 41.1 Å². The first kappa shape index (κ1) is 13.8. The lowest BCUT2D eigenvalue weighted by atomic mass is 10.1. The molecule has 1 N–H and O–H groups in total. The Morgan fingerprint density at radius 3 is 2.67 bits per heavy atom. The van der Waals surface area contributed by atoms with E-state index in [2.05, 4.69) is 43.9 Å². The molecule has 18 heavy (non-hydrogen) atoms. The van der Waals surface area contributed by atoms with Crippen LogP contribution in [0.5, 0.6) is 0 Å². The largest absolute Gasteiger partial charge is 0.382 e. The van der Waals surface area contributed by atoms with Crippen LogP contribution in [-0.4, -0.2) is 14.9 Å². The molecule has 2 rings (SSSR count). The van der Waals surface area contributed by atoms with Gasteiger partial charge in [-0.3, -0.25) is 4.68 Å². The van der Waals surface area contributed by atoms with E-state index in [4.69, 9.17) is 0 Å². The fourth-order valence-corrected chi connectivity index (χ4v) is 2.89. The van der Waals surface area contributed by atoms with Crippen molar-refractivity contribution in [3.8, 4) is 0 Å². The van der Waals surface area contributed by atoms with Gasteiger partial charge in [0.15, 0.2) is 0 Å². The molecule has 1 aromatic carbocycles. The molecule has 0 radical (unpaired) electrons. The van der Waals surface area contributed by atoms with Gasteiger partial charge in [0.2, 0.25) is 0 Å². The number of aliphatic hydroxyl groups excluding tert-OH is 1. The number of aryl methyl sites for hydroxylation is 1. The van der Waals surface area contributed by atoms with E-state index in [0.29, 0.717) is 0 Å². The molecule has 0 fully saturated rings. The summed E-state index contributed by atoms with van der Waals surface area (Å²) in [5.74, 6) is 0. The minimum absolute atomic E-state index is 0.691. The second-order valence-corrected chi connectivity index (χ2v) is 5.73. The highest BCUT2D eigenvalue weighted by Crippen LogP contribution is 2.32. The summed E-state index contributed by atoms with van der Waals surface area (Å²) < 4.78 is 3.57. The van der Waals surface area contributed by atoms with Gasteiger partial charge in [-0.05, 0) is 28.4 Å². The Kier molecular flexibility index (Phi) is 4.59. The van der Waals surface area contributed by atoms with Gasteiger partial charge in [-0.15, -0.1) is 0 Å². The molecule has 5 heteroatoms. The fraction of sp³-hybridized carbons (Fsp3) is 0.308. The zero-order valence-corrected chi connectivity index (χ0v) is 13.1. The minimum Gasteiger partial charge on any atom is -0.382 e. The smallest absolute Gasteiger partial charge is 0.123 e. The van der Waals surface area contributed by atoms with Crippen LogP contribution in [0.25, 0.3) is 0 Å². The third-order valence-electron chi connectivity index (χ3n) is 2.73.